The maximum atomic E-state index is 11.4. The van der Waals surface area contributed by atoms with Gasteiger partial charge >= 0.3 is 0 Å². The Hall–Kier alpha value is -0.180. The van der Waals surface area contributed by atoms with E-state index in [0.29, 0.717) is 10.6 Å². The second kappa shape index (κ2) is 4.36. The van der Waals surface area contributed by atoms with Crippen LogP contribution in [0.15, 0.2) is 23.1 Å². The molecule has 1 atom stereocenters. The molecule has 13 heavy (non-hydrogen) atoms. The van der Waals surface area contributed by atoms with Crippen molar-refractivity contribution in [2.24, 2.45) is 0 Å². The first-order chi connectivity index (χ1) is 6.02. The average Bonchev–Trinajstić information content (AvgIpc) is 2.03. The summed E-state index contributed by atoms with van der Waals surface area (Å²) < 4.78 is 0. The van der Waals surface area contributed by atoms with Crippen LogP contribution in [0.5, 0.6) is 0 Å². The Labute approximate surface area is 92.4 Å². The lowest BCUT2D eigenvalue weighted by atomic mass is 10.1. The average molecular weight is 235 g/mol. The van der Waals surface area contributed by atoms with Gasteiger partial charge in [0.05, 0.1) is 10.4 Å². The van der Waals surface area contributed by atoms with Crippen molar-refractivity contribution in [1.82, 2.24) is 0 Å². The van der Waals surface area contributed by atoms with Gasteiger partial charge in [-0.3, -0.25) is 4.79 Å². The predicted octanol–water partition coefficient (Wildman–Crippen LogP) is 3.44. The fraction of sp³-hybridized carbons (Fsp3) is 0.222. The van der Waals surface area contributed by atoms with Crippen LogP contribution in [-0.4, -0.2) is 11.2 Å². The first kappa shape index (κ1) is 10.9. The van der Waals surface area contributed by atoms with E-state index in [1.54, 1.807) is 25.1 Å². The molecule has 0 radical (unpaired) electrons. The molecule has 1 aromatic carbocycles. The van der Waals surface area contributed by atoms with Gasteiger partial charge in [0.25, 0.3) is 0 Å². The lowest BCUT2D eigenvalue weighted by molar-refractivity contribution is 0.0992. The fourth-order valence-corrected chi connectivity index (χ4v) is 1.59. The maximum Gasteiger partial charge on any atom is 0.181 e. The Morgan fingerprint density at radius 1 is 1.54 bits per heavy atom. The number of halogens is 2. The molecular weight excluding hydrogens is 227 g/mol. The van der Waals surface area contributed by atoms with Gasteiger partial charge in [-0.25, -0.2) is 0 Å². The second-order valence-corrected chi connectivity index (χ2v) is 4.22. The van der Waals surface area contributed by atoms with Gasteiger partial charge in [0.2, 0.25) is 0 Å². The van der Waals surface area contributed by atoms with E-state index in [1.807, 2.05) is 0 Å². The molecule has 0 fully saturated rings. The minimum Gasteiger partial charge on any atom is -0.292 e. The van der Waals surface area contributed by atoms with E-state index in [2.05, 4.69) is 12.6 Å². The highest BCUT2D eigenvalue weighted by Crippen LogP contribution is 2.22. The van der Waals surface area contributed by atoms with Gasteiger partial charge in [0.1, 0.15) is 0 Å². The SMILES string of the molecule is CC(Cl)C(=O)c1ccc(S)cc1Cl. The third-order valence-corrected chi connectivity index (χ3v) is 2.37. The zero-order valence-electron chi connectivity index (χ0n) is 6.92. The number of carbonyl (C=O) groups excluding carboxylic acids is 1. The molecule has 0 saturated carbocycles. The van der Waals surface area contributed by atoms with Crippen molar-refractivity contribution in [3.05, 3.63) is 28.8 Å². The van der Waals surface area contributed by atoms with Crippen LogP contribution < -0.4 is 0 Å². The van der Waals surface area contributed by atoms with Crippen LogP contribution in [0.4, 0.5) is 0 Å². The number of carbonyl (C=O) groups is 1. The molecule has 0 bridgehead atoms. The van der Waals surface area contributed by atoms with E-state index >= 15 is 0 Å². The van der Waals surface area contributed by atoms with Crippen molar-refractivity contribution in [1.29, 1.82) is 0 Å². The van der Waals surface area contributed by atoms with E-state index in [9.17, 15) is 4.79 Å². The van der Waals surface area contributed by atoms with E-state index in [1.165, 1.54) is 0 Å². The summed E-state index contributed by atoms with van der Waals surface area (Å²) >= 11 is 15.6. The number of rotatable bonds is 2. The molecule has 0 spiro atoms. The molecule has 0 aliphatic rings. The van der Waals surface area contributed by atoms with E-state index in [0.717, 1.165) is 4.90 Å². The third-order valence-electron chi connectivity index (χ3n) is 1.58. The molecule has 1 rings (SSSR count). The largest absolute Gasteiger partial charge is 0.292 e. The minimum atomic E-state index is -0.553. The van der Waals surface area contributed by atoms with Gasteiger partial charge in [0.15, 0.2) is 5.78 Å². The third kappa shape index (κ3) is 2.63. The Kier molecular flexibility index (Phi) is 3.65. The van der Waals surface area contributed by atoms with Gasteiger partial charge in [-0.15, -0.1) is 24.2 Å². The number of thiol groups is 1. The fourth-order valence-electron chi connectivity index (χ4n) is 0.918. The lowest BCUT2D eigenvalue weighted by Crippen LogP contribution is -2.10. The van der Waals surface area contributed by atoms with Crippen LogP contribution in [-0.2, 0) is 0 Å². The highest BCUT2D eigenvalue weighted by Gasteiger charge is 2.15. The van der Waals surface area contributed by atoms with E-state index in [-0.39, 0.29) is 5.78 Å². The standard InChI is InChI=1S/C9H8Cl2OS/c1-5(10)9(12)7-3-2-6(13)4-8(7)11/h2-5,13H,1H3. The van der Waals surface area contributed by atoms with E-state index < -0.39 is 5.38 Å². The van der Waals surface area contributed by atoms with Gasteiger partial charge in [-0.2, -0.15) is 0 Å². The predicted molar refractivity (Wildman–Crippen MR) is 58.3 cm³/mol. The molecule has 0 N–H and O–H groups in total. The number of hydrogen-bond donors (Lipinski definition) is 1. The van der Waals surface area contributed by atoms with Crippen LogP contribution in [0.2, 0.25) is 5.02 Å². The lowest BCUT2D eigenvalue weighted by Gasteiger charge is -2.04. The first-order valence-corrected chi connectivity index (χ1v) is 4.95. The van der Waals surface area contributed by atoms with Crippen molar-refractivity contribution in [2.75, 3.05) is 0 Å². The Morgan fingerprint density at radius 3 is 2.62 bits per heavy atom. The van der Waals surface area contributed by atoms with Crippen LogP contribution in [0.3, 0.4) is 0 Å². The minimum absolute atomic E-state index is 0.167. The summed E-state index contributed by atoms with van der Waals surface area (Å²) in [7, 11) is 0. The summed E-state index contributed by atoms with van der Waals surface area (Å²) in [4.78, 5) is 12.2. The Balaban J connectivity index is 3.09. The summed E-state index contributed by atoms with van der Waals surface area (Å²) in [6.07, 6.45) is 0. The van der Waals surface area contributed by atoms with Crippen LogP contribution in [0, 0.1) is 0 Å². The number of alkyl halides is 1. The molecule has 70 valence electrons. The molecule has 4 heteroatoms. The summed E-state index contributed by atoms with van der Waals surface area (Å²) in [6.45, 7) is 1.62. The molecule has 1 unspecified atom stereocenters. The smallest absolute Gasteiger partial charge is 0.181 e. The topological polar surface area (TPSA) is 17.1 Å². The number of hydrogen-bond acceptors (Lipinski definition) is 2. The molecule has 1 nitrogen and oxygen atoms in total. The van der Waals surface area contributed by atoms with Crippen molar-refractivity contribution in [3.63, 3.8) is 0 Å². The first-order valence-electron chi connectivity index (χ1n) is 3.69. The Bertz CT molecular complexity index is 336. The zero-order chi connectivity index (χ0) is 10.0. The van der Waals surface area contributed by atoms with Gasteiger partial charge in [0, 0.05) is 10.5 Å². The highest BCUT2D eigenvalue weighted by molar-refractivity contribution is 7.80. The van der Waals surface area contributed by atoms with E-state index in [4.69, 9.17) is 23.2 Å². The van der Waals surface area contributed by atoms with Crippen molar-refractivity contribution < 1.29 is 4.79 Å². The monoisotopic (exact) mass is 234 g/mol. The summed E-state index contributed by atoms with van der Waals surface area (Å²) in [5.41, 5.74) is 0.446. The van der Waals surface area contributed by atoms with Crippen molar-refractivity contribution >= 4 is 41.6 Å². The molecule has 0 aliphatic heterocycles. The molecule has 0 amide bonds. The zero-order valence-corrected chi connectivity index (χ0v) is 9.33. The summed E-state index contributed by atoms with van der Waals surface area (Å²) in [5, 5.41) is -0.159. The van der Waals surface area contributed by atoms with Crippen LogP contribution in [0.1, 0.15) is 17.3 Å². The van der Waals surface area contributed by atoms with Gasteiger partial charge < -0.3 is 0 Å². The molecule has 0 aromatic heterocycles. The maximum absolute atomic E-state index is 11.4. The Morgan fingerprint density at radius 2 is 2.15 bits per heavy atom. The second-order valence-electron chi connectivity index (χ2n) is 2.64. The summed E-state index contributed by atoms with van der Waals surface area (Å²) in [6, 6.07) is 4.96. The molecule has 0 heterocycles. The highest BCUT2D eigenvalue weighted by atomic mass is 35.5. The van der Waals surface area contributed by atoms with Crippen molar-refractivity contribution in [3.8, 4) is 0 Å². The normalized spacial score (nSPS) is 12.6. The van der Waals surface area contributed by atoms with Crippen molar-refractivity contribution in [2.45, 2.75) is 17.2 Å². The van der Waals surface area contributed by atoms with Crippen LogP contribution in [0.25, 0.3) is 0 Å². The summed E-state index contributed by atoms with van der Waals surface area (Å²) in [5.74, 6) is -0.167. The van der Waals surface area contributed by atoms with Gasteiger partial charge in [-0.05, 0) is 25.1 Å². The number of ketones is 1. The molecular formula is C9H8Cl2OS. The quantitative estimate of drug-likeness (QED) is 0.472. The number of Topliss-reactive ketones (excluding diaryl/α,β-unsaturated/α-hetero) is 1. The molecule has 1 aromatic rings. The molecule has 0 aliphatic carbocycles. The van der Waals surface area contributed by atoms with Crippen LogP contribution >= 0.6 is 35.8 Å². The van der Waals surface area contributed by atoms with Gasteiger partial charge in [-0.1, -0.05) is 11.6 Å². The molecule has 0 saturated heterocycles. The number of benzene rings is 1.